The minimum Gasteiger partial charge on any atom is -0.393 e. The number of nitrogens with zero attached hydrogens (tertiary/aromatic N) is 1. The summed E-state index contributed by atoms with van der Waals surface area (Å²) in [6.45, 7) is 2.73. The molecule has 3 N–H and O–H groups in total. The van der Waals surface area contributed by atoms with Gasteiger partial charge in [0, 0.05) is 43.2 Å². The molecule has 3 rings (SSSR count). The lowest BCUT2D eigenvalue weighted by Gasteiger charge is -2.19. The van der Waals surface area contributed by atoms with Gasteiger partial charge in [-0.05, 0) is 18.8 Å². The van der Waals surface area contributed by atoms with Gasteiger partial charge in [0.05, 0.1) is 6.10 Å². The average Bonchev–Trinajstić information content (AvgIpc) is 2.95. The lowest BCUT2D eigenvalue weighted by Crippen LogP contribution is -2.25. The zero-order chi connectivity index (χ0) is 13.4. The summed E-state index contributed by atoms with van der Waals surface area (Å²) < 4.78 is 14.1. The van der Waals surface area contributed by atoms with Crippen molar-refractivity contribution in [2.24, 2.45) is 17.6 Å². The van der Waals surface area contributed by atoms with Crippen molar-refractivity contribution in [1.82, 2.24) is 4.90 Å². The summed E-state index contributed by atoms with van der Waals surface area (Å²) >= 11 is 0. The van der Waals surface area contributed by atoms with Crippen molar-refractivity contribution in [3.8, 4) is 0 Å². The molecule has 1 aromatic rings. The average molecular weight is 264 g/mol. The minimum atomic E-state index is -0.164. The van der Waals surface area contributed by atoms with Crippen LogP contribution < -0.4 is 5.73 Å². The fraction of sp³-hybridized carbons (Fsp3) is 0.600. The van der Waals surface area contributed by atoms with E-state index in [2.05, 4.69) is 4.90 Å². The van der Waals surface area contributed by atoms with Gasteiger partial charge in [0.1, 0.15) is 5.82 Å². The predicted octanol–water partition coefficient (Wildman–Crippen LogP) is 1.49. The Balaban J connectivity index is 1.70. The van der Waals surface area contributed by atoms with Crippen molar-refractivity contribution in [2.75, 3.05) is 13.1 Å². The molecule has 3 nitrogen and oxygen atoms in total. The minimum absolute atomic E-state index is 0.157. The molecule has 1 heterocycles. The van der Waals surface area contributed by atoms with Crippen molar-refractivity contribution in [1.29, 1.82) is 0 Å². The maximum Gasteiger partial charge on any atom is 0.132 e. The van der Waals surface area contributed by atoms with Crippen LogP contribution in [0.5, 0.6) is 0 Å². The molecule has 0 radical (unpaired) electrons. The van der Waals surface area contributed by atoms with Gasteiger partial charge >= 0.3 is 0 Å². The molecule has 19 heavy (non-hydrogen) atoms. The Hall–Kier alpha value is -0.970. The summed E-state index contributed by atoms with van der Waals surface area (Å²) in [5, 5.41) is 9.90. The third-order valence-electron chi connectivity index (χ3n) is 4.67. The number of fused-ring (bicyclic) bond motifs is 1. The molecule has 2 aliphatic rings. The van der Waals surface area contributed by atoms with Gasteiger partial charge in [0.15, 0.2) is 0 Å². The van der Waals surface area contributed by atoms with Gasteiger partial charge in [-0.25, -0.2) is 4.39 Å². The molecule has 0 aromatic heterocycles. The largest absolute Gasteiger partial charge is 0.393 e. The second-order valence-corrected chi connectivity index (χ2v) is 5.86. The van der Waals surface area contributed by atoms with Crippen LogP contribution in [0.4, 0.5) is 4.39 Å². The molecule has 0 bridgehead atoms. The number of aliphatic hydroxyl groups is 1. The molecule has 1 aromatic carbocycles. The number of rotatable bonds is 3. The first-order valence-corrected chi connectivity index (χ1v) is 7.05. The number of halogens is 1. The van der Waals surface area contributed by atoms with Crippen molar-refractivity contribution in [3.05, 3.63) is 35.1 Å². The van der Waals surface area contributed by atoms with Gasteiger partial charge in [-0.15, -0.1) is 0 Å². The van der Waals surface area contributed by atoms with Gasteiger partial charge < -0.3 is 10.8 Å². The fourth-order valence-corrected chi connectivity index (χ4v) is 3.61. The van der Waals surface area contributed by atoms with Crippen LogP contribution in [0.1, 0.15) is 24.0 Å². The molecular weight excluding hydrogens is 243 g/mol. The molecule has 3 unspecified atom stereocenters. The highest BCUT2D eigenvalue weighted by atomic mass is 19.1. The molecule has 1 saturated carbocycles. The Morgan fingerprint density at radius 1 is 1.26 bits per heavy atom. The van der Waals surface area contributed by atoms with Crippen molar-refractivity contribution < 1.29 is 9.50 Å². The van der Waals surface area contributed by atoms with Gasteiger partial charge in [0.2, 0.25) is 0 Å². The monoisotopic (exact) mass is 264 g/mol. The maximum absolute atomic E-state index is 14.1. The van der Waals surface area contributed by atoms with Crippen molar-refractivity contribution >= 4 is 0 Å². The molecule has 0 spiro atoms. The topological polar surface area (TPSA) is 49.5 Å². The molecule has 3 atom stereocenters. The van der Waals surface area contributed by atoms with E-state index in [-0.39, 0.29) is 18.5 Å². The van der Waals surface area contributed by atoms with Crippen LogP contribution in [0.15, 0.2) is 18.2 Å². The number of hydrogen-bond acceptors (Lipinski definition) is 3. The Bertz CT molecular complexity index is 465. The van der Waals surface area contributed by atoms with Crippen LogP contribution in [-0.4, -0.2) is 29.2 Å². The highest BCUT2D eigenvalue weighted by molar-refractivity contribution is 5.26. The third kappa shape index (κ3) is 2.40. The fourth-order valence-electron chi connectivity index (χ4n) is 3.61. The lowest BCUT2D eigenvalue weighted by atomic mass is 10.00. The highest BCUT2D eigenvalue weighted by Gasteiger charge is 2.41. The first kappa shape index (κ1) is 13.0. The first-order chi connectivity index (χ1) is 9.19. The van der Waals surface area contributed by atoms with Gasteiger partial charge in [0.25, 0.3) is 0 Å². The zero-order valence-corrected chi connectivity index (χ0v) is 11.1. The van der Waals surface area contributed by atoms with E-state index in [0.29, 0.717) is 23.9 Å². The van der Waals surface area contributed by atoms with Crippen molar-refractivity contribution in [3.63, 3.8) is 0 Å². The molecule has 1 aliphatic carbocycles. The van der Waals surface area contributed by atoms with Crippen LogP contribution in [0.25, 0.3) is 0 Å². The molecule has 104 valence electrons. The molecule has 1 aliphatic heterocycles. The molecular formula is C15H21FN2O. The quantitative estimate of drug-likeness (QED) is 0.869. The summed E-state index contributed by atoms with van der Waals surface area (Å²) in [6.07, 6.45) is 1.88. The van der Waals surface area contributed by atoms with Crippen molar-refractivity contribution in [2.45, 2.75) is 32.0 Å². The SMILES string of the molecule is NCc1cccc(CN2CC3CCC(O)C3C2)c1F. The smallest absolute Gasteiger partial charge is 0.132 e. The number of hydrogen-bond donors (Lipinski definition) is 2. The van der Waals surface area contributed by atoms with E-state index >= 15 is 0 Å². The molecule has 2 fully saturated rings. The Morgan fingerprint density at radius 2 is 2.05 bits per heavy atom. The van der Waals surface area contributed by atoms with Crippen LogP contribution in [0, 0.1) is 17.7 Å². The Morgan fingerprint density at radius 3 is 2.79 bits per heavy atom. The van der Waals surface area contributed by atoms with Crippen LogP contribution >= 0.6 is 0 Å². The van der Waals surface area contributed by atoms with E-state index in [0.717, 1.165) is 31.5 Å². The highest BCUT2D eigenvalue weighted by Crippen LogP contribution is 2.38. The number of likely N-dealkylation sites (tertiary alicyclic amines) is 1. The molecule has 0 amide bonds. The summed E-state index contributed by atoms with van der Waals surface area (Å²) in [5.41, 5.74) is 6.83. The van der Waals surface area contributed by atoms with E-state index in [1.807, 2.05) is 12.1 Å². The van der Waals surface area contributed by atoms with E-state index < -0.39 is 0 Å². The van der Waals surface area contributed by atoms with E-state index in [9.17, 15) is 9.50 Å². The normalized spacial score (nSPS) is 30.8. The summed E-state index contributed by atoms with van der Waals surface area (Å²) in [4.78, 5) is 2.26. The van der Waals surface area contributed by atoms with Gasteiger partial charge in [-0.2, -0.15) is 0 Å². The van der Waals surface area contributed by atoms with Crippen LogP contribution in [0.2, 0.25) is 0 Å². The summed E-state index contributed by atoms with van der Waals surface area (Å²) in [5.74, 6) is 0.819. The van der Waals surface area contributed by atoms with Gasteiger partial charge in [-0.1, -0.05) is 18.2 Å². The third-order valence-corrected chi connectivity index (χ3v) is 4.67. The summed E-state index contributed by atoms with van der Waals surface area (Å²) in [7, 11) is 0. The number of nitrogens with two attached hydrogens (primary N) is 1. The maximum atomic E-state index is 14.1. The second kappa shape index (κ2) is 5.19. The first-order valence-electron chi connectivity index (χ1n) is 7.05. The molecule has 1 saturated heterocycles. The van der Waals surface area contributed by atoms with Crippen LogP contribution in [0.3, 0.4) is 0 Å². The lowest BCUT2D eigenvalue weighted by molar-refractivity contribution is 0.123. The van der Waals surface area contributed by atoms with E-state index in [4.69, 9.17) is 5.73 Å². The van der Waals surface area contributed by atoms with E-state index in [1.165, 1.54) is 0 Å². The Labute approximate surface area is 113 Å². The standard InChI is InChI=1S/C15H21FN2O/c16-15-10(6-17)2-1-3-12(15)8-18-7-11-4-5-14(19)13(11)9-18/h1-3,11,13-14,19H,4-9,17H2. The second-order valence-electron chi connectivity index (χ2n) is 5.86. The zero-order valence-electron chi connectivity index (χ0n) is 11.1. The molecule has 4 heteroatoms. The predicted molar refractivity (Wildman–Crippen MR) is 71.8 cm³/mol. The summed E-state index contributed by atoms with van der Waals surface area (Å²) in [6, 6.07) is 5.44. The Kier molecular flexibility index (Phi) is 3.56. The van der Waals surface area contributed by atoms with Gasteiger partial charge in [-0.3, -0.25) is 4.90 Å². The number of aliphatic hydroxyl groups excluding tert-OH is 1. The number of benzene rings is 1. The van der Waals surface area contributed by atoms with E-state index in [1.54, 1.807) is 6.07 Å². The van der Waals surface area contributed by atoms with Crippen LogP contribution in [-0.2, 0) is 13.1 Å².